The molecule has 0 N–H and O–H groups in total. The summed E-state index contributed by atoms with van der Waals surface area (Å²) in [6.45, 7) is 2.75. The van der Waals surface area contributed by atoms with Gasteiger partial charge in [0.15, 0.2) is 99.1 Å². The maximum Gasteiger partial charge on any atom is 0.343 e. The summed E-state index contributed by atoms with van der Waals surface area (Å²) in [5.74, 6) is 26.7. The van der Waals surface area contributed by atoms with Crippen LogP contribution in [0.25, 0.3) is 44.5 Å². The lowest BCUT2D eigenvalue weighted by Crippen LogP contribution is -2.50. The molecule has 0 spiro atoms. The van der Waals surface area contributed by atoms with Crippen LogP contribution in [0, 0.1) is 47.4 Å². The normalized spacial score (nSPS) is 11.6. The second-order valence-corrected chi connectivity index (χ2v) is 20.7. The number of benzene rings is 4. The minimum absolute atomic E-state index is 0.673. The van der Waals surface area contributed by atoms with Gasteiger partial charge in [-0.05, 0) is 93.0 Å². The van der Waals surface area contributed by atoms with Crippen LogP contribution in [0.1, 0.15) is 44.5 Å². The van der Waals surface area contributed by atoms with E-state index in [0.717, 1.165) is 89.0 Å². The number of pyridine rings is 8. The first-order chi connectivity index (χ1) is 41.5. The van der Waals surface area contributed by atoms with Crippen LogP contribution < -0.4 is 36.5 Å². The van der Waals surface area contributed by atoms with Gasteiger partial charge in [0, 0.05) is 142 Å². The molecular weight excluding hydrogens is 1020 g/mol. The quantitative estimate of drug-likeness (QED) is 0.108. The van der Waals surface area contributed by atoms with Crippen LogP contribution in [-0.4, -0.2) is 0 Å². The predicted molar refractivity (Wildman–Crippen MR) is 320 cm³/mol. The lowest BCUT2D eigenvalue weighted by atomic mass is 10.0. The molecule has 0 atom stereocenters. The number of hydrogen-bond acceptors (Lipinski definition) is 0. The van der Waals surface area contributed by atoms with Gasteiger partial charge in [-0.3, -0.25) is 0 Å². The molecule has 0 amide bonds. The van der Waals surface area contributed by atoms with Gasteiger partial charge in [0.1, 0.15) is 0 Å². The maximum absolute atomic E-state index is 3.35. The summed E-state index contributed by atoms with van der Waals surface area (Å²) in [4.78, 5) is 0. The summed E-state index contributed by atoms with van der Waals surface area (Å²) in [5.41, 5.74) is 16.9. The van der Waals surface area contributed by atoms with Gasteiger partial charge >= 0.3 is 26.7 Å². The molecule has 8 heteroatoms. The summed E-state index contributed by atoms with van der Waals surface area (Å²) in [6, 6.07) is 67.5. The van der Waals surface area contributed by atoms with Gasteiger partial charge < -0.3 is 0 Å². The summed E-state index contributed by atoms with van der Waals surface area (Å²) in [7, 11) is 0. The van der Waals surface area contributed by atoms with Gasteiger partial charge in [-0.1, -0.05) is 95.9 Å². The third kappa shape index (κ3) is 13.1. The van der Waals surface area contributed by atoms with E-state index in [1.54, 1.807) is 0 Å². The summed E-state index contributed by atoms with van der Waals surface area (Å²) in [6.07, 6.45) is 33.5. The first-order valence-electron chi connectivity index (χ1n) is 27.9. The molecule has 0 radical (unpaired) electrons. The molecule has 4 aromatic carbocycles. The average molecular weight is 1080 g/mol. The molecule has 19 aliphatic rings. The van der Waals surface area contributed by atoms with E-state index in [2.05, 4.69) is 377 Å². The maximum atomic E-state index is 3.35. The van der Waals surface area contributed by atoms with Crippen molar-refractivity contribution in [2.45, 2.75) is 26.7 Å². The van der Waals surface area contributed by atoms with Crippen LogP contribution in [0.3, 0.4) is 0 Å². The van der Waals surface area contributed by atoms with Crippen molar-refractivity contribution >= 4 is 0 Å². The Morgan fingerprint density at radius 3 is 0.417 bits per heavy atom. The van der Waals surface area contributed by atoms with Gasteiger partial charge in [0.25, 0.3) is 0 Å². The van der Waals surface area contributed by atoms with E-state index in [9.17, 15) is 0 Å². The van der Waals surface area contributed by atoms with E-state index in [4.69, 9.17) is 0 Å². The minimum atomic E-state index is 0.673. The highest BCUT2D eigenvalue weighted by molar-refractivity contribution is 5.66. The SMILES string of the molecule is C1#Cc2cc[n+](cc2)C[n+]2ccc(cc2)C#Cc2ccc(cc2)-c2cc[n+](cc2)C[n+]2ccc(cc2)C#Cc2ccc(cc2)-c2cc[n+](cc2)C[n+]2ccc(cc2)-c2ccc(cc2)C#Cc2cc[n+](cc2)C[n+]2ccc(cc2)-c2ccc1cc2. The molecule has 27 heterocycles. The van der Waals surface area contributed by atoms with Crippen molar-refractivity contribution in [1.29, 1.82) is 0 Å². The third-order valence-corrected chi connectivity index (χ3v) is 14.7. The Balaban J connectivity index is 0.691. The second kappa shape index (κ2) is 24.4. The number of nitrogens with zero attached hydrogens (tertiary/aromatic N) is 8. The van der Waals surface area contributed by atoms with Crippen molar-refractivity contribution in [2.24, 2.45) is 0 Å². The zero-order valence-corrected chi connectivity index (χ0v) is 46.1. The summed E-state index contributed by atoms with van der Waals surface area (Å²) >= 11 is 0. The van der Waals surface area contributed by atoms with Crippen LogP contribution in [0.5, 0.6) is 0 Å². The molecule has 19 aliphatic heterocycles. The van der Waals surface area contributed by atoms with Gasteiger partial charge in [-0.15, -0.1) is 36.5 Å². The predicted octanol–water partition coefficient (Wildman–Crippen LogP) is 8.59. The van der Waals surface area contributed by atoms with Crippen molar-refractivity contribution in [3.8, 4) is 91.9 Å². The summed E-state index contributed by atoms with van der Waals surface area (Å²) in [5, 5.41) is 0. The highest BCUT2D eigenvalue weighted by Crippen LogP contribution is 2.22. The minimum Gasteiger partial charge on any atom is -0.147 e. The van der Waals surface area contributed by atoms with Gasteiger partial charge in [0.05, 0.1) is 0 Å². The topological polar surface area (TPSA) is 31.0 Å². The molecule has 84 heavy (non-hydrogen) atoms. The van der Waals surface area contributed by atoms with Crippen LogP contribution >= 0.6 is 0 Å². The monoisotopic (exact) mass is 1080 g/mol. The second-order valence-electron chi connectivity index (χ2n) is 20.7. The van der Waals surface area contributed by atoms with Crippen molar-refractivity contribution < 1.29 is 36.5 Å². The Hall–Kier alpha value is -11.7. The largest absolute Gasteiger partial charge is 0.343 e. The fourth-order valence-corrected chi connectivity index (χ4v) is 9.83. The molecule has 392 valence electrons. The lowest BCUT2D eigenvalue weighted by molar-refractivity contribution is -0.913. The van der Waals surface area contributed by atoms with Crippen LogP contribution in [0.2, 0.25) is 0 Å². The smallest absolute Gasteiger partial charge is 0.147 e. The first kappa shape index (κ1) is 51.7. The molecule has 0 unspecified atom stereocenters. The number of rotatable bonds is 0. The Bertz CT molecular complexity index is 4240. The first-order valence-corrected chi connectivity index (χ1v) is 27.9. The molecule has 24 bridgehead atoms. The van der Waals surface area contributed by atoms with E-state index < -0.39 is 0 Å². The van der Waals surface area contributed by atoms with E-state index in [-0.39, 0.29) is 0 Å². The van der Waals surface area contributed by atoms with Gasteiger partial charge in [-0.25, -0.2) is 0 Å². The van der Waals surface area contributed by atoms with E-state index in [0.29, 0.717) is 26.7 Å². The molecule has 0 aliphatic carbocycles. The fraction of sp³-hybridized carbons (Fsp3) is 0.0526. The van der Waals surface area contributed by atoms with Crippen molar-refractivity contribution in [1.82, 2.24) is 0 Å². The Kier molecular flexibility index (Phi) is 15.0. The third-order valence-electron chi connectivity index (χ3n) is 14.7. The van der Waals surface area contributed by atoms with Gasteiger partial charge in [0.2, 0.25) is 0 Å². The Morgan fingerprint density at radius 2 is 0.262 bits per heavy atom. The standard InChI is InChI=1S/C76H56N8/c1-5-65-25-41-77(42-26-65)57-78-43-27-66(28-44-78)6-2-62-11-19-70(20-12-62)74-35-51-82(52-36-74)59-80-47-31-68(32-48-80)8-4-64-15-23-72(24-16-64)76-39-55-84(56-40-76)60-83-53-37-75(38-54-83)71-21-13-63(14-22-71)3-7-67-29-45-79(46-30-67)58-81-49-33-73(34-50-81)69-17-9-61(1)10-18-69/h9-56H,57-60H2/q+8. The van der Waals surface area contributed by atoms with E-state index in [1.165, 1.54) is 0 Å². The Morgan fingerprint density at radius 1 is 0.143 bits per heavy atom. The average Bonchev–Trinajstić information content (AvgIpc) is 3.61. The zero-order chi connectivity index (χ0) is 56.3. The molecule has 0 saturated heterocycles. The zero-order valence-electron chi connectivity index (χ0n) is 46.1. The molecule has 8 aromatic heterocycles. The molecular formula is C76H56N8+8. The number of aromatic nitrogens is 8. The lowest BCUT2D eigenvalue weighted by Gasteiger charge is -2.02. The molecule has 8 nitrogen and oxygen atoms in total. The number of hydrogen-bond donors (Lipinski definition) is 0. The van der Waals surface area contributed by atoms with Crippen LogP contribution in [-0.2, 0) is 26.7 Å². The van der Waals surface area contributed by atoms with E-state index in [1.807, 2.05) is 0 Å². The van der Waals surface area contributed by atoms with E-state index >= 15 is 0 Å². The molecule has 0 fully saturated rings. The van der Waals surface area contributed by atoms with Crippen molar-refractivity contribution in [3.05, 3.63) is 338 Å². The highest BCUT2D eigenvalue weighted by Gasteiger charge is 2.14. The van der Waals surface area contributed by atoms with Crippen molar-refractivity contribution in [2.75, 3.05) is 0 Å². The molecule has 31 rings (SSSR count). The van der Waals surface area contributed by atoms with Crippen LogP contribution in [0.4, 0.5) is 0 Å². The van der Waals surface area contributed by atoms with Gasteiger partial charge in [-0.2, -0.15) is 0 Å². The molecule has 0 saturated carbocycles. The van der Waals surface area contributed by atoms with Crippen LogP contribution in [0.15, 0.2) is 293 Å². The highest BCUT2D eigenvalue weighted by atomic mass is 15.1. The molecule has 12 aromatic rings. The fourth-order valence-electron chi connectivity index (χ4n) is 9.83. The Labute approximate surface area is 490 Å². The van der Waals surface area contributed by atoms with Crippen molar-refractivity contribution in [3.63, 3.8) is 0 Å². The summed E-state index contributed by atoms with van der Waals surface area (Å²) < 4.78 is 17.2.